The Morgan fingerprint density at radius 1 is 1.23 bits per heavy atom. The Kier molecular flexibility index (Phi) is 5.34. The molecule has 0 aliphatic heterocycles. The molecule has 0 fully saturated rings. The summed E-state index contributed by atoms with van der Waals surface area (Å²) < 4.78 is 10.2. The van der Waals surface area contributed by atoms with Gasteiger partial charge < -0.3 is 7.80 Å². The summed E-state index contributed by atoms with van der Waals surface area (Å²) in [4.78, 5) is 0. The number of benzene rings is 1. The Hall–Kier alpha value is -0.130. The van der Waals surface area contributed by atoms with Crippen molar-refractivity contribution in [1.29, 1.82) is 0 Å². The zero-order chi connectivity index (χ0) is 9.52. The highest BCUT2D eigenvalue weighted by Gasteiger charge is 2.10. The van der Waals surface area contributed by atoms with Gasteiger partial charge in [-0.1, -0.05) is 30.3 Å². The second-order valence-electron chi connectivity index (χ2n) is 2.84. The monoisotopic (exact) mass is 292 g/mol. The fourth-order valence-corrected chi connectivity index (χ4v) is 1.68. The van der Waals surface area contributed by atoms with Crippen LogP contribution in [0.15, 0.2) is 30.3 Å². The second kappa shape index (κ2) is 6.34. The SMILES string of the molecule is COCC(COI)c1ccccc1. The highest BCUT2D eigenvalue weighted by molar-refractivity contribution is 14.1. The number of rotatable bonds is 5. The molecule has 0 radical (unpaired) electrons. The van der Waals surface area contributed by atoms with E-state index in [4.69, 9.17) is 7.80 Å². The molecule has 0 spiro atoms. The van der Waals surface area contributed by atoms with Gasteiger partial charge in [-0.3, -0.25) is 0 Å². The molecule has 72 valence electrons. The highest BCUT2D eigenvalue weighted by atomic mass is 127. The van der Waals surface area contributed by atoms with Crippen LogP contribution in [0.25, 0.3) is 0 Å². The van der Waals surface area contributed by atoms with Gasteiger partial charge >= 0.3 is 0 Å². The van der Waals surface area contributed by atoms with Crippen LogP contribution in [0.5, 0.6) is 0 Å². The summed E-state index contributed by atoms with van der Waals surface area (Å²) in [5.74, 6) is 0.336. The Morgan fingerprint density at radius 3 is 2.46 bits per heavy atom. The first-order valence-electron chi connectivity index (χ1n) is 4.16. The van der Waals surface area contributed by atoms with E-state index in [9.17, 15) is 0 Å². The maximum Gasteiger partial charge on any atom is 0.109 e. The van der Waals surface area contributed by atoms with Crippen LogP contribution in [0.4, 0.5) is 0 Å². The molecule has 1 unspecified atom stereocenters. The van der Waals surface area contributed by atoms with Crippen LogP contribution in [-0.4, -0.2) is 20.3 Å². The summed E-state index contributed by atoms with van der Waals surface area (Å²) in [6.07, 6.45) is 0. The van der Waals surface area contributed by atoms with Gasteiger partial charge in [-0.15, -0.1) is 0 Å². The van der Waals surface area contributed by atoms with Crippen LogP contribution < -0.4 is 0 Å². The minimum absolute atomic E-state index is 0.336. The first-order chi connectivity index (χ1) is 6.38. The van der Waals surface area contributed by atoms with E-state index >= 15 is 0 Å². The third-order valence-electron chi connectivity index (χ3n) is 1.90. The predicted octanol–water partition coefficient (Wildman–Crippen LogP) is 2.78. The summed E-state index contributed by atoms with van der Waals surface area (Å²) in [6.45, 7) is 1.39. The lowest BCUT2D eigenvalue weighted by Crippen LogP contribution is -2.10. The van der Waals surface area contributed by atoms with Crippen molar-refractivity contribution in [2.24, 2.45) is 0 Å². The van der Waals surface area contributed by atoms with Crippen LogP contribution in [0.3, 0.4) is 0 Å². The number of hydrogen-bond donors (Lipinski definition) is 0. The maximum absolute atomic E-state index is 5.13. The third kappa shape index (κ3) is 3.62. The average Bonchev–Trinajstić information content (AvgIpc) is 2.19. The molecule has 0 aromatic heterocycles. The highest BCUT2D eigenvalue weighted by Crippen LogP contribution is 2.16. The van der Waals surface area contributed by atoms with Crippen LogP contribution in [0.1, 0.15) is 11.5 Å². The number of hydrogen-bond acceptors (Lipinski definition) is 2. The first-order valence-corrected chi connectivity index (χ1v) is 5.04. The van der Waals surface area contributed by atoms with Gasteiger partial charge in [-0.05, 0) is 5.56 Å². The fraction of sp³-hybridized carbons (Fsp3) is 0.400. The first kappa shape index (κ1) is 10.9. The van der Waals surface area contributed by atoms with Gasteiger partial charge in [0.05, 0.1) is 13.2 Å². The van der Waals surface area contributed by atoms with Crippen molar-refractivity contribution in [2.75, 3.05) is 20.3 Å². The van der Waals surface area contributed by atoms with Crippen LogP contribution in [-0.2, 0) is 7.80 Å². The molecule has 1 aromatic rings. The molecule has 1 aromatic carbocycles. The van der Waals surface area contributed by atoms with Crippen molar-refractivity contribution < 1.29 is 7.80 Å². The summed E-state index contributed by atoms with van der Waals surface area (Å²) in [5, 5.41) is 0. The molecule has 0 saturated heterocycles. The summed E-state index contributed by atoms with van der Waals surface area (Å²) >= 11 is 1.91. The topological polar surface area (TPSA) is 18.5 Å². The maximum atomic E-state index is 5.13. The average molecular weight is 292 g/mol. The zero-order valence-electron chi connectivity index (χ0n) is 7.57. The normalized spacial score (nSPS) is 12.8. The molecule has 0 heterocycles. The number of methoxy groups -OCH3 is 1. The molecule has 0 amide bonds. The lowest BCUT2D eigenvalue weighted by atomic mass is 10.0. The molecule has 13 heavy (non-hydrogen) atoms. The van der Waals surface area contributed by atoms with E-state index in [1.807, 2.05) is 41.2 Å². The Morgan fingerprint density at radius 2 is 1.92 bits per heavy atom. The predicted molar refractivity (Wildman–Crippen MR) is 61.0 cm³/mol. The van der Waals surface area contributed by atoms with E-state index in [0.29, 0.717) is 19.1 Å². The zero-order valence-corrected chi connectivity index (χ0v) is 9.73. The van der Waals surface area contributed by atoms with E-state index in [0.717, 1.165) is 0 Å². The van der Waals surface area contributed by atoms with E-state index in [2.05, 4.69) is 12.1 Å². The van der Waals surface area contributed by atoms with Gasteiger partial charge in [-0.2, -0.15) is 0 Å². The van der Waals surface area contributed by atoms with Crippen molar-refractivity contribution in [3.63, 3.8) is 0 Å². The van der Waals surface area contributed by atoms with Crippen LogP contribution >= 0.6 is 23.0 Å². The molecule has 1 rings (SSSR count). The van der Waals surface area contributed by atoms with Gasteiger partial charge in [-0.25, -0.2) is 0 Å². The molecule has 3 heteroatoms. The van der Waals surface area contributed by atoms with E-state index in [1.165, 1.54) is 5.56 Å². The van der Waals surface area contributed by atoms with Gasteiger partial charge in [0.1, 0.15) is 23.0 Å². The summed E-state index contributed by atoms with van der Waals surface area (Å²) in [6, 6.07) is 10.3. The van der Waals surface area contributed by atoms with Crippen molar-refractivity contribution in [3.05, 3.63) is 35.9 Å². The number of ether oxygens (including phenoxy) is 1. The van der Waals surface area contributed by atoms with Gasteiger partial charge in [0, 0.05) is 13.0 Å². The molecule has 0 bridgehead atoms. The largest absolute Gasteiger partial charge is 0.384 e. The lowest BCUT2D eigenvalue weighted by Gasteiger charge is -2.14. The molecular formula is C10H13IO2. The minimum atomic E-state index is 0.336. The quantitative estimate of drug-likeness (QED) is 0.777. The molecule has 2 nitrogen and oxygen atoms in total. The summed E-state index contributed by atoms with van der Waals surface area (Å²) in [5.41, 5.74) is 1.26. The minimum Gasteiger partial charge on any atom is -0.384 e. The van der Waals surface area contributed by atoms with E-state index in [1.54, 1.807) is 7.11 Å². The Bertz CT molecular complexity index is 220. The van der Waals surface area contributed by atoms with Crippen molar-refractivity contribution in [3.8, 4) is 0 Å². The number of halogens is 1. The second-order valence-corrected chi connectivity index (χ2v) is 3.46. The molecular weight excluding hydrogens is 279 g/mol. The lowest BCUT2D eigenvalue weighted by molar-refractivity contribution is 0.162. The van der Waals surface area contributed by atoms with Crippen LogP contribution in [0.2, 0.25) is 0 Å². The van der Waals surface area contributed by atoms with Crippen molar-refractivity contribution >= 4 is 23.0 Å². The Balaban J connectivity index is 2.64. The van der Waals surface area contributed by atoms with Gasteiger partial charge in [0.15, 0.2) is 0 Å². The summed E-state index contributed by atoms with van der Waals surface area (Å²) in [7, 11) is 1.71. The Labute approximate surface area is 92.9 Å². The van der Waals surface area contributed by atoms with Crippen LogP contribution in [0, 0.1) is 0 Å². The smallest absolute Gasteiger partial charge is 0.109 e. The molecule has 0 aliphatic rings. The van der Waals surface area contributed by atoms with E-state index in [-0.39, 0.29) is 0 Å². The molecule has 0 aliphatic carbocycles. The van der Waals surface area contributed by atoms with Crippen molar-refractivity contribution in [1.82, 2.24) is 0 Å². The standard InChI is InChI=1S/C10H13IO2/c1-12-7-10(8-13-11)9-5-3-2-4-6-9/h2-6,10H,7-8H2,1H3. The molecule has 0 saturated carbocycles. The third-order valence-corrected chi connectivity index (χ3v) is 2.26. The molecule has 1 atom stereocenters. The van der Waals surface area contributed by atoms with E-state index < -0.39 is 0 Å². The van der Waals surface area contributed by atoms with Gasteiger partial charge in [0.25, 0.3) is 0 Å². The van der Waals surface area contributed by atoms with Gasteiger partial charge in [0.2, 0.25) is 0 Å². The van der Waals surface area contributed by atoms with Crippen molar-refractivity contribution in [2.45, 2.75) is 5.92 Å². The molecule has 0 N–H and O–H groups in total. The fourth-order valence-electron chi connectivity index (χ4n) is 1.24.